The van der Waals surface area contributed by atoms with Gasteiger partial charge in [-0.15, -0.1) is 0 Å². The minimum Gasteiger partial charge on any atom is -0.507 e. The second-order valence-corrected chi connectivity index (χ2v) is 15.5. The number of anilines is 2. The number of Topliss-reactive ketones (excluding diaryl/α,β-unsaturated/α-hetero) is 2. The van der Waals surface area contributed by atoms with Crippen molar-refractivity contribution >= 4 is 91.6 Å². The van der Waals surface area contributed by atoms with Gasteiger partial charge in [-0.3, -0.25) is 9.59 Å². The maximum Gasteiger partial charge on any atom is 0.229 e. The summed E-state index contributed by atoms with van der Waals surface area (Å²) in [7, 11) is 0. The van der Waals surface area contributed by atoms with Gasteiger partial charge in [-0.25, -0.2) is 0 Å². The highest BCUT2D eigenvalue weighted by Crippen LogP contribution is 2.53. The Kier molecular flexibility index (Phi) is 10.6. The molecule has 0 aliphatic heterocycles. The largest absolute Gasteiger partial charge is 0.507 e. The van der Waals surface area contributed by atoms with Crippen molar-refractivity contribution in [1.82, 2.24) is 0 Å². The van der Waals surface area contributed by atoms with Gasteiger partial charge in [0.2, 0.25) is 11.6 Å². The van der Waals surface area contributed by atoms with Crippen LogP contribution in [-0.2, 0) is 9.59 Å². The zero-order valence-electron chi connectivity index (χ0n) is 30.0. The number of nitrogens with one attached hydrogen (secondary N) is 2. The smallest absolute Gasteiger partial charge is 0.229 e. The Balaban J connectivity index is 1.62. The number of aryl methyl sites for hydroxylation is 2. The molecule has 0 amide bonds. The number of allylic oxidation sites excluding steroid dienone is 4. The number of hydrogen-bond donors (Lipinski definition) is 6. The summed E-state index contributed by atoms with van der Waals surface area (Å²) in [6, 6.07) is 13.1. The van der Waals surface area contributed by atoms with Crippen LogP contribution in [0.3, 0.4) is 0 Å². The maximum atomic E-state index is 13.9. The number of aliphatic hydroxyl groups is 2. The number of hydrogen-bond acceptors (Lipinski definition) is 8. The van der Waals surface area contributed by atoms with Crippen molar-refractivity contribution in [2.24, 2.45) is 11.8 Å². The number of benzene rings is 4. The molecule has 0 spiro atoms. The average Bonchev–Trinajstić information content (AvgIpc) is 3.09. The van der Waals surface area contributed by atoms with E-state index >= 15 is 0 Å². The molecule has 0 radical (unpaired) electrons. The number of aliphatic hydroxyl groups excluding tert-OH is 2. The topological polar surface area (TPSA) is 139 Å². The molecule has 0 atom stereocenters. The molecule has 6 rings (SSSR count). The van der Waals surface area contributed by atoms with E-state index in [0.29, 0.717) is 54.8 Å². The number of aromatic hydroxyl groups is 2. The lowest BCUT2D eigenvalue weighted by atomic mass is 9.75. The molecule has 6 N–H and O–H groups in total. The first-order valence-electron chi connectivity index (χ1n) is 17.0. The van der Waals surface area contributed by atoms with Crippen LogP contribution in [0.1, 0.15) is 61.1 Å². The number of carbonyl (C=O) groups excluding carboxylic acids is 2. The van der Waals surface area contributed by atoms with Crippen LogP contribution in [-0.4, -0.2) is 32.0 Å². The summed E-state index contributed by atoms with van der Waals surface area (Å²) in [6.07, 6.45) is 2.76. The molecule has 54 heavy (non-hydrogen) atoms. The number of halogens is 4. The predicted molar refractivity (Wildman–Crippen MR) is 220 cm³/mol. The quantitative estimate of drug-likeness (QED) is 0.102. The van der Waals surface area contributed by atoms with Crippen molar-refractivity contribution in [2.75, 3.05) is 10.6 Å². The van der Waals surface area contributed by atoms with Crippen molar-refractivity contribution < 1.29 is 30.0 Å². The molecule has 0 aromatic heterocycles. The molecule has 278 valence electrons. The molecule has 0 unspecified atom stereocenters. The summed E-state index contributed by atoms with van der Waals surface area (Å²) in [5.41, 5.74) is 4.22. The van der Waals surface area contributed by atoms with E-state index in [1.165, 1.54) is 12.4 Å². The summed E-state index contributed by atoms with van der Waals surface area (Å²) < 4.78 is 0. The summed E-state index contributed by atoms with van der Waals surface area (Å²) in [5, 5.41) is 54.4. The van der Waals surface area contributed by atoms with E-state index in [4.69, 9.17) is 46.4 Å². The van der Waals surface area contributed by atoms with Crippen LogP contribution in [0.2, 0.25) is 20.1 Å². The van der Waals surface area contributed by atoms with Crippen LogP contribution in [0, 0.1) is 25.7 Å². The van der Waals surface area contributed by atoms with Gasteiger partial charge in [0.05, 0.1) is 31.2 Å². The van der Waals surface area contributed by atoms with E-state index in [-0.39, 0.29) is 66.8 Å². The van der Waals surface area contributed by atoms with E-state index < -0.39 is 23.1 Å². The van der Waals surface area contributed by atoms with Crippen LogP contribution >= 0.6 is 46.4 Å². The molecular formula is C42H36Cl4N2O6. The zero-order valence-corrected chi connectivity index (χ0v) is 33.1. The molecule has 4 aromatic rings. The molecule has 12 heteroatoms. The van der Waals surface area contributed by atoms with Gasteiger partial charge >= 0.3 is 0 Å². The van der Waals surface area contributed by atoms with Crippen LogP contribution in [0.25, 0.3) is 33.4 Å². The van der Waals surface area contributed by atoms with E-state index in [9.17, 15) is 30.0 Å². The minimum atomic E-state index is -0.721. The first-order chi connectivity index (χ1) is 25.4. The molecule has 0 bridgehead atoms. The Morgan fingerprint density at radius 2 is 0.889 bits per heavy atom. The van der Waals surface area contributed by atoms with Crippen molar-refractivity contribution in [3.05, 3.63) is 126 Å². The molecule has 0 heterocycles. The fourth-order valence-corrected chi connectivity index (χ4v) is 7.71. The first kappa shape index (κ1) is 38.9. The average molecular weight is 807 g/mol. The Hall–Kier alpha value is -4.86. The van der Waals surface area contributed by atoms with Gasteiger partial charge in [-0.1, -0.05) is 86.2 Å². The number of fused-ring (bicyclic) bond motifs is 2. The van der Waals surface area contributed by atoms with Crippen LogP contribution in [0.15, 0.2) is 72.4 Å². The van der Waals surface area contributed by atoms with Gasteiger partial charge in [0, 0.05) is 57.2 Å². The molecule has 4 aromatic carbocycles. The second kappa shape index (κ2) is 14.8. The van der Waals surface area contributed by atoms with Gasteiger partial charge < -0.3 is 31.1 Å². The second-order valence-electron chi connectivity index (χ2n) is 13.8. The maximum absolute atomic E-state index is 13.9. The number of phenolic OH excluding ortho intramolecular Hbond substituents is 2. The molecule has 0 saturated heterocycles. The van der Waals surface area contributed by atoms with Gasteiger partial charge in [0.25, 0.3) is 0 Å². The highest BCUT2D eigenvalue weighted by Gasteiger charge is 2.38. The SMILES string of the molecule is Cc1cc2c(c(O)c1-c1c(C)cc3c(c1O)/C(=C/Nc1ccc(Cl)c(Cl)c1)C(=O)C(O)=C3C(C)C)/C(=C/Nc1ccc(Cl)c(Cl)c1)C(=O)C(O)=C2C(C)C. The third-order valence-corrected chi connectivity index (χ3v) is 11.0. The fraction of sp³-hybridized carbons (Fsp3) is 0.190. The van der Waals surface area contributed by atoms with Gasteiger partial charge in [0.15, 0.2) is 11.5 Å². The number of rotatable bonds is 7. The van der Waals surface area contributed by atoms with E-state index in [2.05, 4.69) is 10.6 Å². The van der Waals surface area contributed by atoms with E-state index in [0.717, 1.165) is 0 Å². The molecule has 8 nitrogen and oxygen atoms in total. The lowest BCUT2D eigenvalue weighted by Gasteiger charge is -2.29. The van der Waals surface area contributed by atoms with E-state index in [1.54, 1.807) is 62.4 Å². The van der Waals surface area contributed by atoms with Crippen molar-refractivity contribution in [1.29, 1.82) is 0 Å². The highest BCUT2D eigenvalue weighted by atomic mass is 35.5. The summed E-state index contributed by atoms with van der Waals surface area (Å²) in [6.45, 7) is 10.8. The molecule has 2 aliphatic rings. The monoisotopic (exact) mass is 804 g/mol. The third kappa shape index (κ3) is 6.62. The van der Waals surface area contributed by atoms with Crippen LogP contribution in [0.5, 0.6) is 11.5 Å². The van der Waals surface area contributed by atoms with Gasteiger partial charge in [-0.2, -0.15) is 0 Å². The summed E-state index contributed by atoms with van der Waals surface area (Å²) >= 11 is 24.6. The third-order valence-electron chi connectivity index (χ3n) is 9.56. The number of phenols is 2. The molecule has 2 aliphatic carbocycles. The Morgan fingerprint density at radius 1 is 0.537 bits per heavy atom. The highest BCUT2D eigenvalue weighted by molar-refractivity contribution is 6.43. The van der Waals surface area contributed by atoms with Gasteiger partial charge in [-0.05, 0) is 84.3 Å². The predicted octanol–water partition coefficient (Wildman–Crippen LogP) is 11.9. The lowest BCUT2D eigenvalue weighted by molar-refractivity contribution is -0.113. The number of ketones is 2. The molecule has 0 fully saturated rings. The van der Waals surface area contributed by atoms with Gasteiger partial charge in [0.1, 0.15) is 11.5 Å². The summed E-state index contributed by atoms with van der Waals surface area (Å²) in [4.78, 5) is 27.7. The molecular weight excluding hydrogens is 770 g/mol. The molecule has 0 saturated carbocycles. The van der Waals surface area contributed by atoms with Crippen LogP contribution < -0.4 is 10.6 Å². The van der Waals surface area contributed by atoms with Crippen molar-refractivity contribution in [2.45, 2.75) is 41.5 Å². The summed E-state index contributed by atoms with van der Waals surface area (Å²) in [5.74, 6) is -3.61. The standard InChI is InChI=1S/C42H36Cl4N2O6/c1-17(2)31-23-11-19(5)33(39(51)35(23)25(37(49)41(31)53)15-47-21-7-9-27(43)29(45)13-21)34-20(6)12-24-32(18(3)4)42(54)38(50)26(36(24)40(34)52)16-48-22-8-10-28(44)30(46)14-22/h7-18,47-48,51-54H,1-6H3/b25-15-,26-16-. The first-order valence-corrected chi connectivity index (χ1v) is 18.5. The fourth-order valence-electron chi connectivity index (χ4n) is 7.11. The Labute approximate surface area is 332 Å². The Morgan fingerprint density at radius 3 is 1.20 bits per heavy atom. The minimum absolute atomic E-state index is 0.0386. The van der Waals surface area contributed by atoms with Crippen LogP contribution in [0.4, 0.5) is 11.4 Å². The zero-order chi connectivity index (χ0) is 39.5. The Bertz CT molecular complexity index is 2270. The number of carbonyl (C=O) groups is 2. The van der Waals surface area contributed by atoms with Crippen molar-refractivity contribution in [3.8, 4) is 22.6 Å². The normalized spacial score (nSPS) is 15.9. The lowest BCUT2D eigenvalue weighted by Crippen LogP contribution is -2.20. The van der Waals surface area contributed by atoms with E-state index in [1.807, 2.05) is 27.7 Å². The van der Waals surface area contributed by atoms with Crippen molar-refractivity contribution in [3.63, 3.8) is 0 Å².